The second-order valence-electron chi connectivity index (χ2n) is 4.85. The molecule has 21 heavy (non-hydrogen) atoms. The van der Waals surface area contributed by atoms with Crippen LogP contribution in [-0.4, -0.2) is 36.1 Å². The van der Waals surface area contributed by atoms with E-state index in [0.717, 1.165) is 11.9 Å². The number of piperazine rings is 1. The number of rotatable bonds is 2. The van der Waals surface area contributed by atoms with Crippen molar-refractivity contribution in [3.63, 3.8) is 0 Å². The van der Waals surface area contributed by atoms with Gasteiger partial charge in [0.05, 0.1) is 6.20 Å². The molecule has 110 valence electrons. The summed E-state index contributed by atoms with van der Waals surface area (Å²) >= 11 is 0. The number of hydrogen-bond donors (Lipinski definition) is 1. The number of aromatic nitrogens is 2. The van der Waals surface area contributed by atoms with Crippen LogP contribution < -0.4 is 15.5 Å². The fourth-order valence-electron chi connectivity index (χ4n) is 2.42. The molecule has 1 fully saturated rings. The first kappa shape index (κ1) is 13.5. The van der Waals surface area contributed by atoms with Gasteiger partial charge in [0.1, 0.15) is 5.82 Å². The van der Waals surface area contributed by atoms with E-state index in [0.29, 0.717) is 26.2 Å². The normalized spacial score (nSPS) is 15.3. The second kappa shape index (κ2) is 5.51. The zero-order valence-corrected chi connectivity index (χ0v) is 11.3. The lowest BCUT2D eigenvalue weighted by Crippen LogP contribution is -2.47. The third-order valence-corrected chi connectivity index (χ3v) is 3.52. The smallest absolute Gasteiger partial charge is 0.222 e. The Balaban J connectivity index is 1.70. The molecule has 1 aliphatic heterocycles. The number of anilines is 3. The number of nitrogens with two attached hydrogens (primary N) is 1. The number of hydrogen-bond acceptors (Lipinski definition) is 5. The highest BCUT2D eigenvalue weighted by atomic mass is 19.1. The first-order valence-electron chi connectivity index (χ1n) is 6.67. The summed E-state index contributed by atoms with van der Waals surface area (Å²) in [6, 6.07) is 6.36. The standard InChI is InChI=1S/C14H15F2N5/c15-10-1-3-11(4-2-10)20-5-7-21(8-6-20)13-12(16)9-18-14(17)19-13/h1-4,9H,5-8H2,(H2,17,18,19). The molecule has 0 atom stereocenters. The van der Waals surface area contributed by atoms with Crippen LogP contribution in [0.25, 0.3) is 0 Å². The molecule has 0 saturated carbocycles. The maximum atomic E-state index is 13.7. The van der Waals surface area contributed by atoms with Gasteiger partial charge in [-0.05, 0) is 24.3 Å². The number of benzene rings is 1. The second-order valence-corrected chi connectivity index (χ2v) is 4.85. The van der Waals surface area contributed by atoms with Gasteiger partial charge in [-0.15, -0.1) is 0 Å². The monoisotopic (exact) mass is 291 g/mol. The molecule has 0 aliphatic carbocycles. The maximum absolute atomic E-state index is 13.7. The maximum Gasteiger partial charge on any atom is 0.222 e. The Hall–Kier alpha value is -2.44. The van der Waals surface area contributed by atoms with Gasteiger partial charge in [0, 0.05) is 31.9 Å². The van der Waals surface area contributed by atoms with E-state index in [1.165, 1.54) is 12.1 Å². The van der Waals surface area contributed by atoms with Gasteiger partial charge >= 0.3 is 0 Å². The number of nitrogens with zero attached hydrogens (tertiary/aromatic N) is 4. The van der Waals surface area contributed by atoms with Gasteiger partial charge in [-0.3, -0.25) is 0 Å². The van der Waals surface area contributed by atoms with E-state index in [4.69, 9.17) is 5.73 Å². The Bertz CT molecular complexity index is 624. The predicted molar refractivity (Wildman–Crippen MR) is 77.2 cm³/mol. The number of halogens is 2. The molecule has 3 rings (SSSR count). The van der Waals surface area contributed by atoms with E-state index in [9.17, 15) is 8.78 Å². The van der Waals surface area contributed by atoms with Crippen LogP contribution in [0.4, 0.5) is 26.2 Å². The molecule has 0 radical (unpaired) electrons. The molecular weight excluding hydrogens is 276 g/mol. The molecule has 2 N–H and O–H groups in total. The lowest BCUT2D eigenvalue weighted by atomic mass is 10.2. The van der Waals surface area contributed by atoms with E-state index in [-0.39, 0.29) is 17.6 Å². The van der Waals surface area contributed by atoms with Crippen molar-refractivity contribution in [1.82, 2.24) is 9.97 Å². The Labute approximate surface area is 121 Å². The molecule has 0 unspecified atom stereocenters. The Morgan fingerprint density at radius 1 is 0.952 bits per heavy atom. The van der Waals surface area contributed by atoms with Crippen molar-refractivity contribution in [2.45, 2.75) is 0 Å². The lowest BCUT2D eigenvalue weighted by molar-refractivity contribution is 0.583. The SMILES string of the molecule is Nc1ncc(F)c(N2CCN(c3ccc(F)cc3)CC2)n1. The molecular formula is C14H15F2N5. The van der Waals surface area contributed by atoms with Crippen molar-refractivity contribution in [2.24, 2.45) is 0 Å². The first-order valence-corrected chi connectivity index (χ1v) is 6.67. The van der Waals surface area contributed by atoms with Gasteiger partial charge in [0.25, 0.3) is 0 Å². The van der Waals surface area contributed by atoms with E-state index in [2.05, 4.69) is 14.9 Å². The molecule has 1 aromatic carbocycles. The average molecular weight is 291 g/mol. The molecule has 2 aromatic rings. The minimum atomic E-state index is -0.473. The summed E-state index contributed by atoms with van der Waals surface area (Å²) in [5.74, 6) is -0.427. The Morgan fingerprint density at radius 2 is 1.57 bits per heavy atom. The van der Waals surface area contributed by atoms with Gasteiger partial charge in [-0.1, -0.05) is 0 Å². The van der Waals surface area contributed by atoms with Crippen LogP contribution in [0.2, 0.25) is 0 Å². The molecule has 7 heteroatoms. The largest absolute Gasteiger partial charge is 0.368 e. The first-order chi connectivity index (χ1) is 10.1. The van der Waals surface area contributed by atoms with Gasteiger partial charge < -0.3 is 15.5 Å². The average Bonchev–Trinajstić information content (AvgIpc) is 2.51. The molecule has 0 spiro atoms. The fraction of sp³-hybridized carbons (Fsp3) is 0.286. The van der Waals surface area contributed by atoms with E-state index in [1.807, 2.05) is 4.90 Å². The highest BCUT2D eigenvalue weighted by Crippen LogP contribution is 2.21. The van der Waals surface area contributed by atoms with E-state index < -0.39 is 5.82 Å². The zero-order chi connectivity index (χ0) is 14.8. The van der Waals surface area contributed by atoms with Gasteiger partial charge in [-0.25, -0.2) is 13.8 Å². The summed E-state index contributed by atoms with van der Waals surface area (Å²) in [6.07, 6.45) is 1.09. The highest BCUT2D eigenvalue weighted by Gasteiger charge is 2.21. The minimum absolute atomic E-state index is 0.0624. The summed E-state index contributed by atoms with van der Waals surface area (Å²) in [4.78, 5) is 11.5. The summed E-state index contributed by atoms with van der Waals surface area (Å²) < 4.78 is 26.7. The van der Waals surface area contributed by atoms with Crippen molar-refractivity contribution < 1.29 is 8.78 Å². The van der Waals surface area contributed by atoms with Crippen LogP contribution in [0, 0.1) is 11.6 Å². The van der Waals surface area contributed by atoms with Crippen molar-refractivity contribution >= 4 is 17.5 Å². The van der Waals surface area contributed by atoms with Crippen LogP contribution in [-0.2, 0) is 0 Å². The van der Waals surface area contributed by atoms with Gasteiger partial charge in [0.15, 0.2) is 11.6 Å². The fourth-order valence-corrected chi connectivity index (χ4v) is 2.42. The molecule has 2 heterocycles. The molecule has 1 aliphatic rings. The summed E-state index contributed by atoms with van der Waals surface area (Å²) in [7, 11) is 0. The quantitative estimate of drug-likeness (QED) is 0.912. The van der Waals surface area contributed by atoms with Crippen LogP contribution >= 0.6 is 0 Å². The molecule has 1 aromatic heterocycles. The third kappa shape index (κ3) is 2.86. The van der Waals surface area contributed by atoms with Crippen molar-refractivity contribution in [3.8, 4) is 0 Å². The summed E-state index contributed by atoms with van der Waals surface area (Å²) in [5.41, 5.74) is 6.46. The Kier molecular flexibility index (Phi) is 3.55. The lowest BCUT2D eigenvalue weighted by Gasteiger charge is -2.36. The minimum Gasteiger partial charge on any atom is -0.368 e. The van der Waals surface area contributed by atoms with Crippen LogP contribution in [0.15, 0.2) is 30.5 Å². The summed E-state index contributed by atoms with van der Waals surface area (Å²) in [5, 5.41) is 0. The van der Waals surface area contributed by atoms with Crippen LogP contribution in [0.5, 0.6) is 0 Å². The summed E-state index contributed by atoms with van der Waals surface area (Å²) in [6.45, 7) is 2.64. The zero-order valence-electron chi connectivity index (χ0n) is 11.3. The van der Waals surface area contributed by atoms with Crippen LogP contribution in [0.3, 0.4) is 0 Å². The van der Waals surface area contributed by atoms with E-state index >= 15 is 0 Å². The molecule has 0 bridgehead atoms. The van der Waals surface area contributed by atoms with Crippen LogP contribution in [0.1, 0.15) is 0 Å². The molecule has 1 saturated heterocycles. The predicted octanol–water partition coefficient (Wildman–Crippen LogP) is 1.66. The van der Waals surface area contributed by atoms with Crippen molar-refractivity contribution in [2.75, 3.05) is 41.7 Å². The van der Waals surface area contributed by atoms with Crippen molar-refractivity contribution in [3.05, 3.63) is 42.1 Å². The van der Waals surface area contributed by atoms with E-state index in [1.54, 1.807) is 12.1 Å². The Morgan fingerprint density at radius 3 is 2.24 bits per heavy atom. The van der Waals surface area contributed by atoms with Gasteiger partial charge in [-0.2, -0.15) is 4.98 Å². The molecule has 5 nitrogen and oxygen atoms in total. The van der Waals surface area contributed by atoms with Crippen molar-refractivity contribution in [1.29, 1.82) is 0 Å². The molecule has 0 amide bonds. The third-order valence-electron chi connectivity index (χ3n) is 3.52. The number of nitrogen functional groups attached to an aromatic ring is 1. The topological polar surface area (TPSA) is 58.3 Å². The highest BCUT2D eigenvalue weighted by molar-refractivity contribution is 5.50. The van der Waals surface area contributed by atoms with Gasteiger partial charge in [0.2, 0.25) is 5.95 Å².